The minimum absolute atomic E-state index is 0.176. The van der Waals surface area contributed by atoms with Gasteiger partial charge >= 0.3 is 0 Å². The average molecular weight is 441 g/mol. The Kier molecular flexibility index (Phi) is 6.31. The van der Waals surface area contributed by atoms with Gasteiger partial charge in [0.15, 0.2) is 0 Å². The topological polar surface area (TPSA) is 51.5 Å². The summed E-state index contributed by atoms with van der Waals surface area (Å²) >= 11 is 0. The number of aryl methyl sites for hydroxylation is 1. The number of amides is 1. The maximum absolute atomic E-state index is 13.8. The second-order valence-corrected chi connectivity index (χ2v) is 8.15. The van der Waals surface area contributed by atoms with E-state index in [2.05, 4.69) is 13.0 Å². The van der Waals surface area contributed by atoms with Gasteiger partial charge in [-0.05, 0) is 46.7 Å². The lowest BCUT2D eigenvalue weighted by Crippen LogP contribution is -2.33. The van der Waals surface area contributed by atoms with Crippen molar-refractivity contribution >= 4 is 16.7 Å². The largest absolute Gasteiger partial charge is 0.497 e. The first-order chi connectivity index (χ1) is 16.0. The number of fused-ring (bicyclic) bond motifs is 1. The summed E-state index contributed by atoms with van der Waals surface area (Å²) in [4.78, 5) is 28.7. The van der Waals surface area contributed by atoms with Crippen LogP contribution < -0.4 is 10.3 Å². The third kappa shape index (κ3) is 4.14. The first-order valence-corrected chi connectivity index (χ1v) is 11.0. The van der Waals surface area contributed by atoms with E-state index in [1.165, 1.54) is 4.57 Å². The van der Waals surface area contributed by atoms with Crippen LogP contribution >= 0.6 is 0 Å². The van der Waals surface area contributed by atoms with Crippen LogP contribution in [0.5, 0.6) is 5.75 Å². The fourth-order valence-electron chi connectivity index (χ4n) is 4.32. The SMILES string of the molecule is CCc1ccccc1-c1c(C(=O)N(C)Cc2ccc(OC)cc2)n(C)c(=O)c2ccccc12. The molecule has 0 unspecified atom stereocenters. The quantitative estimate of drug-likeness (QED) is 0.422. The molecule has 4 rings (SSSR count). The Morgan fingerprint density at radius 1 is 0.939 bits per heavy atom. The van der Waals surface area contributed by atoms with Crippen molar-refractivity contribution in [2.75, 3.05) is 14.2 Å². The predicted octanol–water partition coefficient (Wildman–Crippen LogP) is 5.05. The summed E-state index contributed by atoms with van der Waals surface area (Å²) in [7, 11) is 5.07. The maximum Gasteiger partial charge on any atom is 0.271 e. The lowest BCUT2D eigenvalue weighted by atomic mass is 9.92. The van der Waals surface area contributed by atoms with Crippen molar-refractivity contribution in [1.29, 1.82) is 0 Å². The van der Waals surface area contributed by atoms with Gasteiger partial charge in [-0.25, -0.2) is 0 Å². The van der Waals surface area contributed by atoms with Gasteiger partial charge in [0.05, 0.1) is 7.11 Å². The zero-order chi connectivity index (χ0) is 23.5. The van der Waals surface area contributed by atoms with E-state index in [1.807, 2.05) is 66.7 Å². The Hall–Kier alpha value is -3.86. The summed E-state index contributed by atoms with van der Waals surface area (Å²) in [5.41, 5.74) is 4.12. The van der Waals surface area contributed by atoms with Crippen LogP contribution in [0.2, 0.25) is 0 Å². The highest BCUT2D eigenvalue weighted by Crippen LogP contribution is 2.34. The van der Waals surface area contributed by atoms with Crippen LogP contribution in [-0.2, 0) is 20.0 Å². The van der Waals surface area contributed by atoms with Crippen molar-refractivity contribution in [2.45, 2.75) is 19.9 Å². The number of hydrogen-bond donors (Lipinski definition) is 0. The molecule has 0 atom stereocenters. The Labute approximate surface area is 193 Å². The minimum Gasteiger partial charge on any atom is -0.497 e. The molecule has 0 bridgehead atoms. The number of hydrogen-bond acceptors (Lipinski definition) is 3. The highest BCUT2D eigenvalue weighted by atomic mass is 16.5. The number of aromatic nitrogens is 1. The Morgan fingerprint density at radius 3 is 2.24 bits per heavy atom. The van der Waals surface area contributed by atoms with Crippen LogP contribution in [0.1, 0.15) is 28.5 Å². The number of carbonyl (C=O) groups is 1. The van der Waals surface area contributed by atoms with E-state index in [0.717, 1.165) is 39.8 Å². The van der Waals surface area contributed by atoms with Gasteiger partial charge in [0.25, 0.3) is 11.5 Å². The van der Waals surface area contributed by atoms with Crippen LogP contribution in [0.4, 0.5) is 0 Å². The lowest BCUT2D eigenvalue weighted by molar-refractivity contribution is 0.0775. The van der Waals surface area contributed by atoms with Crippen LogP contribution in [-0.4, -0.2) is 29.5 Å². The molecule has 0 saturated carbocycles. The third-order valence-electron chi connectivity index (χ3n) is 6.10. The second-order valence-electron chi connectivity index (χ2n) is 8.15. The Bertz CT molecular complexity index is 1370. The van der Waals surface area contributed by atoms with E-state index >= 15 is 0 Å². The number of ether oxygens (including phenoxy) is 1. The Balaban J connectivity index is 1.89. The fourth-order valence-corrected chi connectivity index (χ4v) is 4.32. The van der Waals surface area contributed by atoms with Crippen molar-refractivity contribution in [1.82, 2.24) is 9.47 Å². The molecule has 5 nitrogen and oxygen atoms in total. The molecular weight excluding hydrogens is 412 g/mol. The van der Waals surface area contributed by atoms with Crippen molar-refractivity contribution in [3.8, 4) is 16.9 Å². The summed E-state index contributed by atoms with van der Waals surface area (Å²) in [5, 5.41) is 1.40. The molecule has 0 aliphatic rings. The summed E-state index contributed by atoms with van der Waals surface area (Å²) in [5.74, 6) is 0.570. The summed E-state index contributed by atoms with van der Waals surface area (Å²) in [6.07, 6.45) is 0.822. The van der Waals surface area contributed by atoms with Gasteiger partial charge in [-0.2, -0.15) is 0 Å². The Morgan fingerprint density at radius 2 is 1.58 bits per heavy atom. The standard InChI is InChI=1S/C28H28N2O3/c1-5-20-10-6-7-11-22(20)25-23-12-8-9-13-24(23)27(31)30(3)26(25)28(32)29(2)18-19-14-16-21(33-4)17-15-19/h6-17H,5,18H2,1-4H3. The molecule has 4 aromatic rings. The highest BCUT2D eigenvalue weighted by molar-refractivity contribution is 6.08. The van der Waals surface area contributed by atoms with Gasteiger partial charge in [-0.15, -0.1) is 0 Å². The van der Waals surface area contributed by atoms with E-state index in [-0.39, 0.29) is 11.5 Å². The van der Waals surface area contributed by atoms with Crippen LogP contribution in [0, 0.1) is 0 Å². The molecule has 1 heterocycles. The predicted molar refractivity (Wildman–Crippen MR) is 133 cm³/mol. The lowest BCUT2D eigenvalue weighted by Gasteiger charge is -2.23. The van der Waals surface area contributed by atoms with Crippen LogP contribution in [0.15, 0.2) is 77.6 Å². The maximum atomic E-state index is 13.8. The molecule has 5 heteroatoms. The second kappa shape index (κ2) is 9.33. The third-order valence-corrected chi connectivity index (χ3v) is 6.10. The normalized spacial score (nSPS) is 10.9. The van der Waals surface area contributed by atoms with Crippen molar-refractivity contribution in [3.05, 3.63) is 100.0 Å². The highest BCUT2D eigenvalue weighted by Gasteiger charge is 2.25. The fraction of sp³-hybridized carbons (Fsp3) is 0.214. The number of benzene rings is 3. The molecule has 0 aliphatic heterocycles. The molecule has 168 valence electrons. The van der Waals surface area contributed by atoms with E-state index in [4.69, 9.17) is 4.74 Å². The first-order valence-electron chi connectivity index (χ1n) is 11.0. The van der Waals surface area contributed by atoms with Gasteiger partial charge < -0.3 is 14.2 Å². The van der Waals surface area contributed by atoms with Gasteiger partial charge in [-0.3, -0.25) is 9.59 Å². The van der Waals surface area contributed by atoms with Crippen LogP contribution in [0.3, 0.4) is 0 Å². The molecule has 1 amide bonds. The monoisotopic (exact) mass is 440 g/mol. The summed E-state index contributed by atoms with van der Waals surface area (Å²) in [6, 6.07) is 23.2. The zero-order valence-corrected chi connectivity index (χ0v) is 19.5. The first kappa shape index (κ1) is 22.3. The summed E-state index contributed by atoms with van der Waals surface area (Å²) < 4.78 is 6.73. The van der Waals surface area contributed by atoms with E-state index < -0.39 is 0 Å². The van der Waals surface area contributed by atoms with Gasteiger partial charge in [0.1, 0.15) is 11.4 Å². The van der Waals surface area contributed by atoms with Gasteiger partial charge in [-0.1, -0.05) is 61.5 Å². The smallest absolute Gasteiger partial charge is 0.271 e. The molecule has 0 saturated heterocycles. The number of methoxy groups -OCH3 is 1. The number of rotatable bonds is 6. The minimum atomic E-state index is -0.197. The molecule has 0 aliphatic carbocycles. The van der Waals surface area contributed by atoms with E-state index in [9.17, 15) is 9.59 Å². The summed E-state index contributed by atoms with van der Waals surface area (Å²) in [6.45, 7) is 2.51. The number of nitrogens with zero attached hydrogens (tertiary/aromatic N) is 2. The van der Waals surface area contributed by atoms with Gasteiger partial charge in [0, 0.05) is 31.6 Å². The van der Waals surface area contributed by atoms with Gasteiger partial charge in [0.2, 0.25) is 0 Å². The van der Waals surface area contributed by atoms with Crippen molar-refractivity contribution < 1.29 is 9.53 Å². The molecule has 0 fully saturated rings. The van der Waals surface area contributed by atoms with Crippen molar-refractivity contribution in [3.63, 3.8) is 0 Å². The molecule has 3 aromatic carbocycles. The number of pyridine rings is 1. The molecule has 0 radical (unpaired) electrons. The van der Waals surface area contributed by atoms with E-state index in [0.29, 0.717) is 17.6 Å². The molecule has 33 heavy (non-hydrogen) atoms. The average Bonchev–Trinajstić information content (AvgIpc) is 2.86. The molecule has 0 spiro atoms. The van der Waals surface area contributed by atoms with Crippen molar-refractivity contribution in [2.24, 2.45) is 7.05 Å². The van der Waals surface area contributed by atoms with E-state index in [1.54, 1.807) is 26.1 Å². The van der Waals surface area contributed by atoms with Crippen LogP contribution in [0.25, 0.3) is 21.9 Å². The number of carbonyl (C=O) groups excluding carboxylic acids is 1. The molecule has 0 N–H and O–H groups in total. The zero-order valence-electron chi connectivity index (χ0n) is 19.5. The molecular formula is C28H28N2O3. The molecule has 1 aromatic heterocycles.